The number of aromatic nitrogens is 3. The molecule has 1 aromatic carbocycles. The van der Waals surface area contributed by atoms with Crippen LogP contribution in [-0.4, -0.2) is 45.4 Å². The van der Waals surface area contributed by atoms with Crippen molar-refractivity contribution in [2.75, 3.05) is 14.1 Å². The number of rotatable bonds is 3. The lowest BCUT2D eigenvalue weighted by molar-refractivity contribution is 0.476. The molecule has 8 heteroatoms. The molecule has 2 heterocycles. The Hall–Kier alpha value is -2.31. The summed E-state index contributed by atoms with van der Waals surface area (Å²) in [5, 5.41) is 10.4. The van der Waals surface area contributed by atoms with Crippen LogP contribution in [0, 0.1) is 0 Å². The SMILES string of the molecule is CN(C)/C=N\c1nc(-c2cc(O)c(Cl)cc2Cl)c2[nH]ccc2n1. The van der Waals surface area contributed by atoms with Gasteiger partial charge in [0, 0.05) is 25.9 Å². The number of aromatic amines is 1. The highest BCUT2D eigenvalue weighted by Gasteiger charge is 2.15. The van der Waals surface area contributed by atoms with Crippen LogP contribution in [0.5, 0.6) is 5.75 Å². The van der Waals surface area contributed by atoms with Crippen molar-refractivity contribution in [3.63, 3.8) is 0 Å². The van der Waals surface area contributed by atoms with Crippen molar-refractivity contribution in [3.05, 3.63) is 34.4 Å². The van der Waals surface area contributed by atoms with Gasteiger partial charge in [0.2, 0.25) is 0 Å². The van der Waals surface area contributed by atoms with Crippen LogP contribution in [0.2, 0.25) is 10.0 Å². The molecule has 0 atom stereocenters. The lowest BCUT2D eigenvalue weighted by atomic mass is 10.1. The minimum absolute atomic E-state index is 0.0669. The van der Waals surface area contributed by atoms with Gasteiger partial charge in [0.05, 0.1) is 27.4 Å². The Kier molecular flexibility index (Phi) is 4.11. The molecular weight excluding hydrogens is 337 g/mol. The van der Waals surface area contributed by atoms with E-state index in [2.05, 4.69) is 19.9 Å². The Labute approximate surface area is 142 Å². The fourth-order valence-corrected chi connectivity index (χ4v) is 2.54. The molecule has 2 N–H and O–H groups in total. The predicted molar refractivity (Wildman–Crippen MR) is 92.8 cm³/mol. The smallest absolute Gasteiger partial charge is 0.252 e. The maximum atomic E-state index is 9.87. The third kappa shape index (κ3) is 3.09. The molecule has 0 aliphatic carbocycles. The van der Waals surface area contributed by atoms with Crippen LogP contribution in [0.3, 0.4) is 0 Å². The largest absolute Gasteiger partial charge is 0.506 e. The van der Waals surface area contributed by atoms with Crippen molar-refractivity contribution in [3.8, 4) is 17.0 Å². The third-order valence-electron chi connectivity index (χ3n) is 3.09. The molecule has 2 aromatic heterocycles. The van der Waals surface area contributed by atoms with Gasteiger partial charge < -0.3 is 15.0 Å². The van der Waals surface area contributed by atoms with E-state index >= 15 is 0 Å². The summed E-state index contributed by atoms with van der Waals surface area (Å²) < 4.78 is 0. The fraction of sp³-hybridized carbons (Fsp3) is 0.133. The summed E-state index contributed by atoms with van der Waals surface area (Å²) in [7, 11) is 3.71. The van der Waals surface area contributed by atoms with E-state index in [1.807, 2.05) is 20.2 Å². The number of hydrogen-bond acceptors (Lipinski definition) is 4. The molecule has 0 aliphatic heterocycles. The number of aromatic hydroxyl groups is 1. The van der Waals surface area contributed by atoms with Crippen LogP contribution >= 0.6 is 23.2 Å². The summed E-state index contributed by atoms with van der Waals surface area (Å²) in [4.78, 5) is 17.9. The molecule has 118 valence electrons. The minimum Gasteiger partial charge on any atom is -0.506 e. The number of aliphatic imine (C=N–C) groups is 1. The first kappa shape index (κ1) is 15.6. The number of nitrogens with one attached hydrogen (secondary N) is 1. The lowest BCUT2D eigenvalue weighted by Crippen LogP contribution is -2.07. The summed E-state index contributed by atoms with van der Waals surface area (Å²) in [5.74, 6) is 0.231. The van der Waals surface area contributed by atoms with E-state index in [0.29, 0.717) is 33.3 Å². The highest BCUT2D eigenvalue weighted by atomic mass is 35.5. The van der Waals surface area contributed by atoms with Gasteiger partial charge in [-0.25, -0.2) is 15.0 Å². The van der Waals surface area contributed by atoms with Gasteiger partial charge in [-0.3, -0.25) is 0 Å². The Morgan fingerprint density at radius 2 is 2.00 bits per heavy atom. The Morgan fingerprint density at radius 3 is 2.74 bits per heavy atom. The van der Waals surface area contributed by atoms with Crippen LogP contribution in [0.4, 0.5) is 5.95 Å². The van der Waals surface area contributed by atoms with Crippen molar-refractivity contribution in [2.45, 2.75) is 0 Å². The second kappa shape index (κ2) is 6.06. The van der Waals surface area contributed by atoms with Crippen molar-refractivity contribution >= 4 is 46.5 Å². The number of phenols is 1. The number of H-pyrrole nitrogens is 1. The Bertz CT molecular complexity index is 904. The quantitative estimate of drug-likeness (QED) is 0.555. The molecule has 3 rings (SSSR count). The molecule has 6 nitrogen and oxygen atoms in total. The summed E-state index contributed by atoms with van der Waals surface area (Å²) in [6, 6.07) is 4.78. The van der Waals surface area contributed by atoms with Gasteiger partial charge in [0.1, 0.15) is 11.4 Å². The number of phenolic OH excluding ortho intramolecular Hbond substituents is 1. The number of benzene rings is 1. The van der Waals surface area contributed by atoms with E-state index in [0.717, 1.165) is 0 Å². The zero-order chi connectivity index (χ0) is 16.6. The fourth-order valence-electron chi connectivity index (χ4n) is 2.07. The average Bonchev–Trinajstić information content (AvgIpc) is 2.96. The van der Waals surface area contributed by atoms with E-state index in [4.69, 9.17) is 23.2 Å². The van der Waals surface area contributed by atoms with Crippen LogP contribution in [-0.2, 0) is 0 Å². The predicted octanol–water partition coefficient (Wildman–Crippen LogP) is 3.86. The molecule has 0 saturated carbocycles. The first-order valence-corrected chi connectivity index (χ1v) is 7.45. The third-order valence-corrected chi connectivity index (χ3v) is 3.71. The van der Waals surface area contributed by atoms with Gasteiger partial charge in [0.15, 0.2) is 0 Å². The molecule has 0 saturated heterocycles. The van der Waals surface area contributed by atoms with Crippen molar-refractivity contribution in [1.29, 1.82) is 0 Å². The molecule has 0 aliphatic rings. The molecule has 23 heavy (non-hydrogen) atoms. The first-order valence-electron chi connectivity index (χ1n) is 6.70. The normalized spacial score (nSPS) is 11.5. The van der Waals surface area contributed by atoms with Crippen LogP contribution in [0.15, 0.2) is 29.4 Å². The van der Waals surface area contributed by atoms with E-state index < -0.39 is 0 Å². The van der Waals surface area contributed by atoms with Crippen molar-refractivity contribution < 1.29 is 5.11 Å². The van der Waals surface area contributed by atoms with E-state index in [1.54, 1.807) is 17.4 Å². The number of halogens is 2. The summed E-state index contributed by atoms with van der Waals surface area (Å²) in [6.07, 6.45) is 3.37. The second-order valence-electron chi connectivity index (χ2n) is 5.10. The highest BCUT2D eigenvalue weighted by molar-refractivity contribution is 6.37. The van der Waals surface area contributed by atoms with Gasteiger partial charge in [0.25, 0.3) is 5.95 Å². The average molecular weight is 350 g/mol. The first-order chi connectivity index (χ1) is 11.0. The van der Waals surface area contributed by atoms with Gasteiger partial charge in [-0.05, 0) is 18.2 Å². The van der Waals surface area contributed by atoms with E-state index in [-0.39, 0.29) is 10.8 Å². The zero-order valence-electron chi connectivity index (χ0n) is 12.4. The molecule has 0 radical (unpaired) electrons. The molecule has 0 fully saturated rings. The maximum absolute atomic E-state index is 9.87. The molecule has 3 aromatic rings. The van der Waals surface area contributed by atoms with Crippen molar-refractivity contribution in [1.82, 2.24) is 19.9 Å². The number of nitrogens with zero attached hydrogens (tertiary/aromatic N) is 4. The van der Waals surface area contributed by atoms with E-state index in [9.17, 15) is 5.11 Å². The zero-order valence-corrected chi connectivity index (χ0v) is 13.9. The standard InChI is InChI=1S/C15H13Cl2N5O/c1-22(2)7-19-15-20-11-3-4-18-14(11)13(21-15)8-5-12(23)10(17)6-9(8)16/h3-7,18,23H,1-2H3/b19-7-. The molecule has 0 amide bonds. The maximum Gasteiger partial charge on any atom is 0.252 e. The molecule has 0 unspecified atom stereocenters. The highest BCUT2D eigenvalue weighted by Crippen LogP contribution is 2.38. The Morgan fingerprint density at radius 1 is 1.22 bits per heavy atom. The van der Waals surface area contributed by atoms with E-state index in [1.165, 1.54) is 12.1 Å². The van der Waals surface area contributed by atoms with Crippen LogP contribution in [0.1, 0.15) is 0 Å². The minimum atomic E-state index is -0.0669. The molecular formula is C15H13Cl2N5O. The topological polar surface area (TPSA) is 77.4 Å². The number of fused-ring (bicyclic) bond motifs is 1. The van der Waals surface area contributed by atoms with Gasteiger partial charge in [-0.15, -0.1) is 0 Å². The Balaban J connectivity index is 2.24. The van der Waals surface area contributed by atoms with Gasteiger partial charge in [-0.1, -0.05) is 23.2 Å². The lowest BCUT2D eigenvalue weighted by Gasteiger charge is -2.08. The summed E-state index contributed by atoms with van der Waals surface area (Å²) in [6.45, 7) is 0. The van der Waals surface area contributed by atoms with Crippen LogP contribution in [0.25, 0.3) is 22.3 Å². The number of hydrogen-bond donors (Lipinski definition) is 2. The van der Waals surface area contributed by atoms with Crippen molar-refractivity contribution in [2.24, 2.45) is 4.99 Å². The van der Waals surface area contributed by atoms with Crippen LogP contribution < -0.4 is 0 Å². The second-order valence-corrected chi connectivity index (χ2v) is 5.92. The van der Waals surface area contributed by atoms with Gasteiger partial charge >= 0.3 is 0 Å². The molecule has 0 spiro atoms. The van der Waals surface area contributed by atoms with Gasteiger partial charge in [-0.2, -0.15) is 0 Å². The summed E-state index contributed by atoms with van der Waals surface area (Å²) >= 11 is 12.1. The summed E-state index contributed by atoms with van der Waals surface area (Å²) in [5.41, 5.74) is 2.50. The molecule has 0 bridgehead atoms. The monoisotopic (exact) mass is 349 g/mol.